The number of carbonyl (C=O) groups is 1. The van der Waals surface area contributed by atoms with Gasteiger partial charge in [0.2, 0.25) is 0 Å². The molecule has 1 heterocycles. The van der Waals surface area contributed by atoms with Crippen molar-refractivity contribution in [1.82, 2.24) is 4.90 Å². The lowest BCUT2D eigenvalue weighted by molar-refractivity contribution is 0.194. The van der Waals surface area contributed by atoms with E-state index in [9.17, 15) is 4.79 Å². The highest BCUT2D eigenvalue weighted by atomic mass is 35.5. The molecule has 4 nitrogen and oxygen atoms in total. The van der Waals surface area contributed by atoms with E-state index in [1.165, 1.54) is 5.56 Å². The van der Waals surface area contributed by atoms with Gasteiger partial charge >= 0.3 is 6.03 Å². The van der Waals surface area contributed by atoms with Crippen LogP contribution < -0.4 is 10.1 Å². The van der Waals surface area contributed by atoms with Crippen LogP contribution in [0.1, 0.15) is 22.7 Å². The average Bonchev–Trinajstić information content (AvgIpc) is 2.73. The summed E-state index contributed by atoms with van der Waals surface area (Å²) in [5.74, 6) is 0.705. The predicted octanol–water partition coefficient (Wildman–Crippen LogP) is 5.53. The average molecular weight is 393 g/mol. The molecule has 1 aliphatic rings. The quantitative estimate of drug-likeness (QED) is 0.636. The summed E-state index contributed by atoms with van der Waals surface area (Å²) >= 11 is 6.08. The van der Waals surface area contributed by atoms with Gasteiger partial charge in [0, 0.05) is 23.3 Å². The van der Waals surface area contributed by atoms with Crippen molar-refractivity contribution >= 4 is 23.3 Å². The third-order valence-electron chi connectivity index (χ3n) is 5.05. The standard InChI is InChI=1S/C23H21ClN2O2/c1-28-20-7-4-6-19(15-20)25-23(27)26-14-13-16-5-2-3-8-21(16)22(26)17-9-11-18(24)12-10-17/h2-12,15,22H,13-14H2,1H3,(H,25,27). The van der Waals surface area contributed by atoms with E-state index in [1.54, 1.807) is 7.11 Å². The van der Waals surface area contributed by atoms with Crippen molar-refractivity contribution < 1.29 is 9.53 Å². The third-order valence-corrected chi connectivity index (χ3v) is 5.30. The van der Waals surface area contributed by atoms with E-state index in [-0.39, 0.29) is 12.1 Å². The summed E-state index contributed by atoms with van der Waals surface area (Å²) in [4.78, 5) is 15.1. The van der Waals surface area contributed by atoms with E-state index in [0.717, 1.165) is 17.5 Å². The number of methoxy groups -OCH3 is 1. The Labute approximate surface area is 169 Å². The number of nitrogens with one attached hydrogen (secondary N) is 1. The first-order chi connectivity index (χ1) is 13.7. The van der Waals surface area contributed by atoms with Crippen LogP contribution >= 0.6 is 11.6 Å². The Morgan fingerprint density at radius 2 is 1.86 bits per heavy atom. The van der Waals surface area contributed by atoms with Gasteiger partial charge in [-0.1, -0.05) is 54.1 Å². The van der Waals surface area contributed by atoms with Gasteiger partial charge in [-0.3, -0.25) is 0 Å². The van der Waals surface area contributed by atoms with E-state index in [2.05, 4.69) is 17.4 Å². The number of urea groups is 1. The van der Waals surface area contributed by atoms with Crippen LogP contribution in [0, 0.1) is 0 Å². The highest BCUT2D eigenvalue weighted by molar-refractivity contribution is 6.30. The molecule has 0 fully saturated rings. The first-order valence-electron chi connectivity index (χ1n) is 9.20. The lowest BCUT2D eigenvalue weighted by atomic mass is 9.88. The minimum atomic E-state index is -0.159. The van der Waals surface area contributed by atoms with Gasteiger partial charge in [-0.2, -0.15) is 0 Å². The number of rotatable bonds is 3. The van der Waals surface area contributed by atoms with Gasteiger partial charge in [-0.15, -0.1) is 0 Å². The van der Waals surface area contributed by atoms with Crippen LogP contribution in [0.25, 0.3) is 0 Å². The molecule has 0 saturated heterocycles. The predicted molar refractivity (Wildman–Crippen MR) is 112 cm³/mol. The Morgan fingerprint density at radius 1 is 1.07 bits per heavy atom. The highest BCUT2D eigenvalue weighted by Crippen LogP contribution is 2.36. The fourth-order valence-electron chi connectivity index (χ4n) is 3.69. The Hall–Kier alpha value is -2.98. The molecule has 0 bridgehead atoms. The SMILES string of the molecule is COc1cccc(NC(=O)N2CCc3ccccc3C2c2ccc(Cl)cc2)c1. The van der Waals surface area contributed by atoms with Crippen LogP contribution in [-0.2, 0) is 6.42 Å². The van der Waals surface area contributed by atoms with Gasteiger partial charge in [0.25, 0.3) is 0 Å². The molecule has 3 aromatic carbocycles. The summed E-state index contributed by atoms with van der Waals surface area (Å²) < 4.78 is 5.25. The minimum absolute atomic E-state index is 0.136. The first kappa shape index (κ1) is 18.4. The molecule has 1 N–H and O–H groups in total. The largest absolute Gasteiger partial charge is 0.497 e. The smallest absolute Gasteiger partial charge is 0.322 e. The van der Waals surface area contributed by atoms with Crippen molar-refractivity contribution in [2.45, 2.75) is 12.5 Å². The Balaban J connectivity index is 1.68. The topological polar surface area (TPSA) is 41.6 Å². The van der Waals surface area contributed by atoms with Gasteiger partial charge in [-0.25, -0.2) is 4.79 Å². The number of amides is 2. The van der Waals surface area contributed by atoms with Gasteiger partial charge in [0.05, 0.1) is 13.2 Å². The van der Waals surface area contributed by atoms with Crippen molar-refractivity contribution in [1.29, 1.82) is 0 Å². The van der Waals surface area contributed by atoms with Crippen LogP contribution in [0.15, 0.2) is 72.8 Å². The molecule has 28 heavy (non-hydrogen) atoms. The highest BCUT2D eigenvalue weighted by Gasteiger charge is 2.32. The fourth-order valence-corrected chi connectivity index (χ4v) is 3.81. The maximum absolute atomic E-state index is 13.2. The van der Waals surface area contributed by atoms with Crippen molar-refractivity contribution in [2.75, 3.05) is 19.0 Å². The molecule has 0 radical (unpaired) electrons. The van der Waals surface area contributed by atoms with E-state index < -0.39 is 0 Å². The number of ether oxygens (including phenoxy) is 1. The molecule has 1 atom stereocenters. The molecule has 0 aromatic heterocycles. The molecule has 0 aliphatic carbocycles. The number of benzene rings is 3. The number of hydrogen-bond acceptors (Lipinski definition) is 2. The van der Waals surface area contributed by atoms with E-state index in [4.69, 9.17) is 16.3 Å². The number of carbonyl (C=O) groups excluding carboxylic acids is 1. The molecule has 5 heteroatoms. The van der Waals surface area contributed by atoms with E-state index in [1.807, 2.05) is 65.6 Å². The van der Waals surface area contributed by atoms with Crippen molar-refractivity contribution in [2.24, 2.45) is 0 Å². The third kappa shape index (κ3) is 3.69. The minimum Gasteiger partial charge on any atom is -0.497 e. The zero-order chi connectivity index (χ0) is 19.5. The van der Waals surface area contributed by atoms with Gasteiger partial charge in [0.15, 0.2) is 0 Å². The fraction of sp³-hybridized carbons (Fsp3) is 0.174. The maximum atomic E-state index is 13.2. The second-order valence-electron chi connectivity index (χ2n) is 6.76. The summed E-state index contributed by atoms with van der Waals surface area (Å²) in [5, 5.41) is 3.69. The van der Waals surface area contributed by atoms with Crippen LogP contribution in [0.4, 0.5) is 10.5 Å². The molecule has 1 aliphatic heterocycles. The summed E-state index contributed by atoms with van der Waals surface area (Å²) in [6.07, 6.45) is 0.825. The van der Waals surface area contributed by atoms with Crippen molar-refractivity contribution in [3.05, 3.63) is 94.5 Å². The summed E-state index contributed by atoms with van der Waals surface area (Å²) in [6, 6.07) is 23.1. The molecule has 0 saturated carbocycles. The van der Waals surface area contributed by atoms with Gasteiger partial charge < -0.3 is 15.0 Å². The normalized spacial score (nSPS) is 15.6. The first-order valence-corrected chi connectivity index (χ1v) is 9.58. The van der Waals surface area contributed by atoms with Gasteiger partial charge in [-0.05, 0) is 47.4 Å². The molecule has 3 aromatic rings. The summed E-state index contributed by atoms with van der Waals surface area (Å²) in [6.45, 7) is 0.639. The molecular formula is C23H21ClN2O2. The van der Waals surface area contributed by atoms with E-state index >= 15 is 0 Å². The van der Waals surface area contributed by atoms with Gasteiger partial charge in [0.1, 0.15) is 5.75 Å². The lowest BCUT2D eigenvalue weighted by Gasteiger charge is -2.37. The van der Waals surface area contributed by atoms with Crippen LogP contribution in [0.5, 0.6) is 5.75 Å². The number of halogens is 1. The second kappa shape index (κ2) is 7.95. The zero-order valence-corrected chi connectivity index (χ0v) is 16.3. The molecular weight excluding hydrogens is 372 g/mol. The molecule has 2 amide bonds. The lowest BCUT2D eigenvalue weighted by Crippen LogP contribution is -2.43. The number of hydrogen-bond donors (Lipinski definition) is 1. The van der Waals surface area contributed by atoms with Crippen LogP contribution in [0.2, 0.25) is 5.02 Å². The second-order valence-corrected chi connectivity index (χ2v) is 7.19. The van der Waals surface area contributed by atoms with Crippen molar-refractivity contribution in [3.8, 4) is 5.75 Å². The number of fused-ring (bicyclic) bond motifs is 1. The van der Waals surface area contributed by atoms with Crippen molar-refractivity contribution in [3.63, 3.8) is 0 Å². The number of nitrogens with zero attached hydrogens (tertiary/aromatic N) is 1. The molecule has 4 rings (SSSR count). The Bertz CT molecular complexity index is 988. The van der Waals surface area contributed by atoms with E-state index in [0.29, 0.717) is 23.0 Å². The van der Waals surface area contributed by atoms with Crippen LogP contribution in [-0.4, -0.2) is 24.6 Å². The number of anilines is 1. The molecule has 142 valence electrons. The Morgan fingerprint density at radius 3 is 2.64 bits per heavy atom. The summed E-state index contributed by atoms with van der Waals surface area (Å²) in [5.41, 5.74) is 4.17. The molecule has 1 unspecified atom stereocenters. The molecule has 0 spiro atoms. The Kier molecular flexibility index (Phi) is 5.22. The van der Waals surface area contributed by atoms with Crippen LogP contribution in [0.3, 0.4) is 0 Å². The maximum Gasteiger partial charge on any atom is 0.322 e. The monoisotopic (exact) mass is 392 g/mol. The zero-order valence-electron chi connectivity index (χ0n) is 15.6. The summed E-state index contributed by atoms with van der Waals surface area (Å²) in [7, 11) is 1.61.